The summed E-state index contributed by atoms with van der Waals surface area (Å²) in [5.41, 5.74) is 3.88. The Labute approximate surface area is 145 Å². The summed E-state index contributed by atoms with van der Waals surface area (Å²) in [4.78, 5) is 23.0. The predicted molar refractivity (Wildman–Crippen MR) is 93.2 cm³/mol. The molecule has 0 N–H and O–H groups in total. The van der Waals surface area contributed by atoms with E-state index in [1.54, 1.807) is 6.20 Å². The van der Waals surface area contributed by atoms with Gasteiger partial charge in [-0.3, -0.25) is 9.78 Å². The van der Waals surface area contributed by atoms with Crippen molar-refractivity contribution in [1.82, 2.24) is 15.1 Å². The summed E-state index contributed by atoms with van der Waals surface area (Å²) in [6.45, 7) is 4.62. The van der Waals surface area contributed by atoms with Crippen LogP contribution in [0.5, 0.6) is 0 Å². The van der Waals surface area contributed by atoms with Gasteiger partial charge in [-0.1, -0.05) is 28.9 Å². The molecule has 1 fully saturated rings. The molecule has 3 heterocycles. The maximum Gasteiger partial charge on any atom is 0.232 e. The lowest BCUT2D eigenvalue weighted by Gasteiger charge is -2.19. The Morgan fingerprint density at radius 2 is 2.08 bits per heavy atom. The summed E-state index contributed by atoms with van der Waals surface area (Å²) in [6.07, 6.45) is 2.06. The van der Waals surface area contributed by atoms with Crippen LogP contribution in [0.15, 0.2) is 47.1 Å². The fourth-order valence-corrected chi connectivity index (χ4v) is 3.21. The summed E-state index contributed by atoms with van der Waals surface area (Å²) in [5, 5.41) is 4.00. The van der Waals surface area contributed by atoms with Gasteiger partial charge >= 0.3 is 0 Å². The average molecular weight is 334 g/mol. The minimum absolute atomic E-state index is 0.0783. The molecule has 3 aromatic rings. The Morgan fingerprint density at radius 3 is 2.84 bits per heavy atom. The molecular weight excluding hydrogens is 316 g/mol. The molecule has 6 heteroatoms. The minimum atomic E-state index is -0.0989. The van der Waals surface area contributed by atoms with Crippen molar-refractivity contribution in [3.8, 4) is 11.5 Å². The summed E-state index contributed by atoms with van der Waals surface area (Å²) in [7, 11) is 0. The van der Waals surface area contributed by atoms with Crippen LogP contribution in [0.25, 0.3) is 11.5 Å². The van der Waals surface area contributed by atoms with Gasteiger partial charge in [0.15, 0.2) is 0 Å². The van der Waals surface area contributed by atoms with Gasteiger partial charge in [0.05, 0.1) is 5.92 Å². The highest BCUT2D eigenvalue weighted by Gasteiger charge is 2.35. The van der Waals surface area contributed by atoms with Crippen LogP contribution in [0.3, 0.4) is 0 Å². The van der Waals surface area contributed by atoms with Crippen LogP contribution in [0.2, 0.25) is 0 Å². The molecule has 0 spiro atoms. The van der Waals surface area contributed by atoms with Gasteiger partial charge in [0.2, 0.25) is 17.6 Å². The van der Waals surface area contributed by atoms with Crippen molar-refractivity contribution in [2.45, 2.75) is 26.2 Å². The SMILES string of the molecule is Cc1ccc(N2C[C@@H](c3nc(-c4ccccn4)no3)CC2=O)c(C)c1. The lowest BCUT2D eigenvalue weighted by molar-refractivity contribution is -0.117. The first kappa shape index (κ1) is 15.5. The van der Waals surface area contributed by atoms with Gasteiger partial charge in [-0.25, -0.2) is 0 Å². The van der Waals surface area contributed by atoms with E-state index in [1.807, 2.05) is 49.1 Å². The summed E-state index contributed by atoms with van der Waals surface area (Å²) >= 11 is 0. The van der Waals surface area contributed by atoms with Gasteiger partial charge in [-0.2, -0.15) is 4.98 Å². The van der Waals surface area contributed by atoms with E-state index in [9.17, 15) is 4.79 Å². The number of hydrogen-bond acceptors (Lipinski definition) is 5. The molecule has 1 aliphatic heterocycles. The van der Waals surface area contributed by atoms with E-state index in [2.05, 4.69) is 21.2 Å². The highest BCUT2D eigenvalue weighted by atomic mass is 16.5. The number of nitrogens with zero attached hydrogens (tertiary/aromatic N) is 4. The van der Waals surface area contributed by atoms with E-state index in [4.69, 9.17) is 4.52 Å². The molecule has 0 unspecified atom stereocenters. The van der Waals surface area contributed by atoms with E-state index in [0.29, 0.717) is 30.4 Å². The smallest absolute Gasteiger partial charge is 0.232 e. The second-order valence-electron chi connectivity index (χ2n) is 6.37. The molecule has 1 saturated heterocycles. The zero-order valence-corrected chi connectivity index (χ0v) is 14.1. The molecule has 0 radical (unpaired) electrons. The molecule has 1 atom stereocenters. The summed E-state index contributed by atoms with van der Waals surface area (Å²) < 4.78 is 5.40. The first-order valence-electron chi connectivity index (χ1n) is 8.24. The van der Waals surface area contributed by atoms with E-state index in [-0.39, 0.29) is 11.8 Å². The highest BCUT2D eigenvalue weighted by Crippen LogP contribution is 2.33. The first-order valence-corrected chi connectivity index (χ1v) is 8.24. The lowest BCUT2D eigenvalue weighted by Crippen LogP contribution is -2.25. The summed E-state index contributed by atoms with van der Waals surface area (Å²) in [6, 6.07) is 11.6. The number of benzene rings is 1. The number of hydrogen-bond donors (Lipinski definition) is 0. The number of carbonyl (C=O) groups excluding carboxylic acids is 1. The van der Waals surface area contributed by atoms with Crippen LogP contribution in [0, 0.1) is 13.8 Å². The molecule has 126 valence electrons. The molecule has 1 aromatic carbocycles. The molecule has 1 amide bonds. The van der Waals surface area contributed by atoms with Crippen LogP contribution in [0.1, 0.15) is 29.4 Å². The van der Waals surface area contributed by atoms with E-state index < -0.39 is 0 Å². The van der Waals surface area contributed by atoms with Gasteiger partial charge in [0.25, 0.3) is 0 Å². The number of pyridine rings is 1. The van der Waals surface area contributed by atoms with E-state index >= 15 is 0 Å². The third-order valence-corrected chi connectivity index (χ3v) is 4.45. The Bertz CT molecular complexity index is 920. The Kier molecular flexibility index (Phi) is 3.80. The molecule has 0 saturated carbocycles. The number of anilines is 1. The quantitative estimate of drug-likeness (QED) is 0.735. The van der Waals surface area contributed by atoms with E-state index in [0.717, 1.165) is 11.3 Å². The van der Waals surface area contributed by atoms with Gasteiger partial charge in [-0.05, 0) is 37.6 Å². The Morgan fingerprint density at radius 1 is 1.20 bits per heavy atom. The zero-order valence-electron chi connectivity index (χ0n) is 14.1. The molecule has 25 heavy (non-hydrogen) atoms. The number of carbonyl (C=O) groups is 1. The molecule has 4 rings (SSSR count). The van der Waals surface area contributed by atoms with Crippen LogP contribution >= 0.6 is 0 Å². The van der Waals surface area contributed by atoms with Crippen molar-refractivity contribution in [1.29, 1.82) is 0 Å². The fourth-order valence-electron chi connectivity index (χ4n) is 3.21. The number of amides is 1. The van der Waals surface area contributed by atoms with Crippen LogP contribution in [-0.2, 0) is 4.79 Å². The third kappa shape index (κ3) is 2.91. The minimum Gasteiger partial charge on any atom is -0.339 e. The lowest BCUT2D eigenvalue weighted by atomic mass is 10.1. The Balaban J connectivity index is 1.57. The van der Waals surface area contributed by atoms with Crippen LogP contribution in [0.4, 0.5) is 5.69 Å². The molecule has 0 aliphatic carbocycles. The fraction of sp³-hybridized carbons (Fsp3) is 0.263. The van der Waals surface area contributed by atoms with Crippen molar-refractivity contribution >= 4 is 11.6 Å². The van der Waals surface area contributed by atoms with Gasteiger partial charge < -0.3 is 9.42 Å². The van der Waals surface area contributed by atoms with Crippen LogP contribution < -0.4 is 4.90 Å². The van der Waals surface area contributed by atoms with Gasteiger partial charge in [-0.15, -0.1) is 0 Å². The van der Waals surface area contributed by atoms with Crippen molar-refractivity contribution in [3.63, 3.8) is 0 Å². The van der Waals surface area contributed by atoms with Crippen LogP contribution in [-0.4, -0.2) is 27.6 Å². The largest absolute Gasteiger partial charge is 0.339 e. The number of rotatable bonds is 3. The van der Waals surface area contributed by atoms with Crippen molar-refractivity contribution in [2.75, 3.05) is 11.4 Å². The third-order valence-electron chi connectivity index (χ3n) is 4.45. The molecular formula is C19H18N4O2. The second kappa shape index (κ2) is 6.12. The maximum absolute atomic E-state index is 12.5. The van der Waals surface area contributed by atoms with Gasteiger partial charge in [0.1, 0.15) is 5.69 Å². The first-order chi connectivity index (χ1) is 12.1. The standard InChI is InChI=1S/C19H18N4O2/c1-12-6-7-16(13(2)9-12)23-11-14(10-17(23)24)19-21-18(22-25-19)15-5-3-4-8-20-15/h3-9,14H,10-11H2,1-2H3/t14-/m0/s1. The van der Waals surface area contributed by atoms with Gasteiger partial charge in [0, 0.05) is 24.8 Å². The molecule has 0 bridgehead atoms. The zero-order chi connectivity index (χ0) is 17.4. The van der Waals surface area contributed by atoms with Crippen molar-refractivity contribution in [2.24, 2.45) is 0 Å². The Hall–Kier alpha value is -3.02. The number of aromatic nitrogens is 3. The normalized spacial score (nSPS) is 17.3. The molecule has 2 aromatic heterocycles. The van der Waals surface area contributed by atoms with Crippen molar-refractivity contribution < 1.29 is 9.32 Å². The molecule has 6 nitrogen and oxygen atoms in total. The predicted octanol–water partition coefficient (Wildman–Crippen LogP) is 3.27. The second-order valence-corrected chi connectivity index (χ2v) is 6.37. The average Bonchev–Trinajstić information content (AvgIpc) is 3.23. The number of aryl methyl sites for hydroxylation is 2. The van der Waals surface area contributed by atoms with E-state index in [1.165, 1.54) is 5.56 Å². The summed E-state index contributed by atoms with van der Waals surface area (Å²) in [5.74, 6) is 0.919. The van der Waals surface area contributed by atoms with Crippen molar-refractivity contribution in [3.05, 3.63) is 59.6 Å². The highest BCUT2D eigenvalue weighted by molar-refractivity contribution is 5.97. The topological polar surface area (TPSA) is 72.1 Å². The monoisotopic (exact) mass is 334 g/mol. The molecule has 1 aliphatic rings. The maximum atomic E-state index is 12.5.